The summed E-state index contributed by atoms with van der Waals surface area (Å²) < 4.78 is 17.2. The molecule has 0 spiro atoms. The van der Waals surface area contributed by atoms with E-state index in [2.05, 4.69) is 11.5 Å². The van der Waals surface area contributed by atoms with E-state index in [1.807, 2.05) is 50.2 Å². The number of amides is 1. The number of rotatable bonds is 8. The van der Waals surface area contributed by atoms with E-state index >= 15 is 0 Å². The van der Waals surface area contributed by atoms with Crippen molar-refractivity contribution < 1.29 is 18.7 Å². The van der Waals surface area contributed by atoms with Crippen LogP contribution in [0.25, 0.3) is 11.0 Å². The summed E-state index contributed by atoms with van der Waals surface area (Å²) in [5.74, 6) is 0.624. The van der Waals surface area contributed by atoms with E-state index < -0.39 is 6.04 Å². The van der Waals surface area contributed by atoms with Crippen LogP contribution in [0.4, 0.5) is 0 Å². The van der Waals surface area contributed by atoms with Crippen LogP contribution in [0.5, 0.6) is 5.75 Å². The minimum Gasteiger partial charge on any atom is -0.490 e. The van der Waals surface area contributed by atoms with Crippen molar-refractivity contribution in [2.24, 2.45) is 0 Å². The first-order chi connectivity index (χ1) is 17.5. The Kier molecular flexibility index (Phi) is 6.94. The van der Waals surface area contributed by atoms with E-state index in [4.69, 9.17) is 13.9 Å². The van der Waals surface area contributed by atoms with Crippen LogP contribution >= 0.6 is 0 Å². The lowest BCUT2D eigenvalue weighted by molar-refractivity contribution is 0.0353. The van der Waals surface area contributed by atoms with Gasteiger partial charge in [0.2, 0.25) is 5.76 Å². The highest BCUT2D eigenvalue weighted by atomic mass is 16.5. The molecule has 3 heterocycles. The number of benzene rings is 2. The van der Waals surface area contributed by atoms with Crippen LogP contribution in [0.3, 0.4) is 0 Å². The van der Waals surface area contributed by atoms with Gasteiger partial charge in [0.1, 0.15) is 17.9 Å². The lowest BCUT2D eigenvalue weighted by Crippen LogP contribution is -2.38. The van der Waals surface area contributed by atoms with Gasteiger partial charge >= 0.3 is 0 Å². The van der Waals surface area contributed by atoms with Crippen LogP contribution in [-0.2, 0) is 4.74 Å². The molecule has 1 aromatic heterocycles. The molecule has 188 valence electrons. The van der Waals surface area contributed by atoms with Crippen molar-refractivity contribution in [3.05, 3.63) is 87.3 Å². The van der Waals surface area contributed by atoms with Crippen LogP contribution in [0.1, 0.15) is 45.3 Å². The molecular weight excluding hydrogens is 456 g/mol. The van der Waals surface area contributed by atoms with Gasteiger partial charge in [-0.05, 0) is 61.2 Å². The number of hydrogen-bond acceptors (Lipinski definition) is 6. The topological polar surface area (TPSA) is 72.2 Å². The van der Waals surface area contributed by atoms with Gasteiger partial charge in [-0.25, -0.2) is 0 Å². The number of nitrogens with zero attached hydrogens (tertiary/aromatic N) is 2. The van der Waals surface area contributed by atoms with E-state index in [1.165, 1.54) is 0 Å². The summed E-state index contributed by atoms with van der Waals surface area (Å²) >= 11 is 0. The third-order valence-corrected chi connectivity index (χ3v) is 7.12. The zero-order valence-corrected chi connectivity index (χ0v) is 20.9. The van der Waals surface area contributed by atoms with Crippen molar-refractivity contribution in [1.82, 2.24) is 9.80 Å². The number of hydrogen-bond donors (Lipinski definition) is 0. The molecule has 1 atom stereocenters. The summed E-state index contributed by atoms with van der Waals surface area (Å²) in [6, 6.07) is 10.8. The van der Waals surface area contributed by atoms with Crippen LogP contribution in [0.15, 0.2) is 58.3 Å². The van der Waals surface area contributed by atoms with Gasteiger partial charge in [-0.15, -0.1) is 0 Å². The first-order valence-electron chi connectivity index (χ1n) is 12.5. The summed E-state index contributed by atoms with van der Waals surface area (Å²) in [7, 11) is 0. The normalized spacial score (nSPS) is 18.0. The van der Waals surface area contributed by atoms with Crippen molar-refractivity contribution in [3.8, 4) is 5.75 Å². The van der Waals surface area contributed by atoms with Gasteiger partial charge in [0.25, 0.3) is 5.91 Å². The molecule has 5 rings (SSSR count). The molecular formula is C29H32N2O5. The number of carbonyl (C=O) groups is 1. The highest BCUT2D eigenvalue weighted by Gasteiger charge is 2.42. The van der Waals surface area contributed by atoms with Crippen molar-refractivity contribution in [2.45, 2.75) is 26.3 Å². The van der Waals surface area contributed by atoms with E-state index in [1.54, 1.807) is 11.0 Å². The quantitative estimate of drug-likeness (QED) is 0.442. The Labute approximate surface area is 210 Å². The SMILES string of the molecule is C=CCOc1ccc([C@@H]2c3c(oc4cc(C)c(C)cc4c3=O)C(=O)N2CCCN2CCOCC2)cc1. The highest BCUT2D eigenvalue weighted by molar-refractivity contribution is 5.99. The predicted molar refractivity (Wildman–Crippen MR) is 139 cm³/mol. The highest BCUT2D eigenvalue weighted by Crippen LogP contribution is 2.39. The van der Waals surface area contributed by atoms with Crippen LogP contribution in [0, 0.1) is 13.8 Å². The molecule has 36 heavy (non-hydrogen) atoms. The van der Waals surface area contributed by atoms with Gasteiger partial charge in [0, 0.05) is 26.2 Å². The molecule has 0 aliphatic carbocycles. The van der Waals surface area contributed by atoms with Crippen molar-refractivity contribution in [1.29, 1.82) is 0 Å². The number of ether oxygens (including phenoxy) is 2. The minimum absolute atomic E-state index is 0.143. The Balaban J connectivity index is 1.52. The molecule has 2 aliphatic rings. The zero-order chi connectivity index (χ0) is 25.2. The molecule has 0 unspecified atom stereocenters. The lowest BCUT2D eigenvalue weighted by Gasteiger charge is -2.29. The second kappa shape index (κ2) is 10.3. The molecule has 2 aliphatic heterocycles. The number of aryl methyl sites for hydroxylation is 2. The molecule has 0 saturated carbocycles. The molecule has 1 fully saturated rings. The van der Waals surface area contributed by atoms with Gasteiger partial charge in [0.05, 0.1) is 30.2 Å². The molecule has 0 bridgehead atoms. The molecule has 7 nitrogen and oxygen atoms in total. The largest absolute Gasteiger partial charge is 0.490 e. The zero-order valence-electron chi connectivity index (χ0n) is 20.9. The first-order valence-corrected chi connectivity index (χ1v) is 12.5. The Hall–Kier alpha value is -3.42. The van der Waals surface area contributed by atoms with E-state index in [9.17, 15) is 9.59 Å². The monoisotopic (exact) mass is 488 g/mol. The summed E-state index contributed by atoms with van der Waals surface area (Å²) in [4.78, 5) is 31.6. The standard InChI is InChI=1S/C29H32N2O5/c1-4-14-35-22-8-6-21(7-9-22)26-25-27(32)23-17-19(2)20(3)18-24(23)36-28(25)29(33)31(26)11-5-10-30-12-15-34-16-13-30/h4,6-9,17-18,26H,1,5,10-16H2,2-3H3/t26-/m1/s1. The third-order valence-electron chi connectivity index (χ3n) is 7.12. The molecule has 3 aromatic rings. The van der Waals surface area contributed by atoms with Gasteiger partial charge < -0.3 is 18.8 Å². The van der Waals surface area contributed by atoms with Gasteiger partial charge in [-0.1, -0.05) is 24.8 Å². The smallest absolute Gasteiger partial charge is 0.290 e. The fourth-order valence-electron chi connectivity index (χ4n) is 5.04. The maximum absolute atomic E-state index is 13.8. The van der Waals surface area contributed by atoms with Crippen LogP contribution in [0.2, 0.25) is 0 Å². The average molecular weight is 489 g/mol. The molecule has 7 heteroatoms. The summed E-state index contributed by atoms with van der Waals surface area (Å²) in [5.41, 5.74) is 3.62. The third kappa shape index (κ3) is 4.56. The minimum atomic E-state index is -0.507. The summed E-state index contributed by atoms with van der Waals surface area (Å²) in [5, 5.41) is 0.510. The Bertz CT molecular complexity index is 1340. The molecule has 1 amide bonds. The van der Waals surface area contributed by atoms with E-state index in [0.29, 0.717) is 35.4 Å². The van der Waals surface area contributed by atoms with Crippen molar-refractivity contribution in [3.63, 3.8) is 0 Å². The second-order valence-electron chi connectivity index (χ2n) is 9.48. The average Bonchev–Trinajstić information content (AvgIpc) is 3.17. The first kappa shape index (κ1) is 24.3. The van der Waals surface area contributed by atoms with E-state index in [0.717, 1.165) is 56.0 Å². The Morgan fingerprint density at radius 3 is 2.50 bits per heavy atom. The second-order valence-corrected chi connectivity index (χ2v) is 9.48. The summed E-state index contributed by atoms with van der Waals surface area (Å²) in [6.45, 7) is 12.7. The maximum atomic E-state index is 13.8. The van der Waals surface area contributed by atoms with E-state index in [-0.39, 0.29) is 17.1 Å². The van der Waals surface area contributed by atoms with Crippen LogP contribution in [-0.4, -0.2) is 61.7 Å². The Morgan fingerprint density at radius 1 is 1.06 bits per heavy atom. The number of morpholine rings is 1. The maximum Gasteiger partial charge on any atom is 0.290 e. The molecule has 2 aromatic carbocycles. The van der Waals surface area contributed by atoms with Crippen molar-refractivity contribution >= 4 is 16.9 Å². The van der Waals surface area contributed by atoms with Gasteiger partial charge in [0.15, 0.2) is 5.43 Å². The van der Waals surface area contributed by atoms with Crippen LogP contribution < -0.4 is 10.2 Å². The fourth-order valence-corrected chi connectivity index (χ4v) is 5.04. The van der Waals surface area contributed by atoms with Gasteiger partial charge in [-0.2, -0.15) is 0 Å². The molecule has 1 saturated heterocycles. The number of carbonyl (C=O) groups excluding carboxylic acids is 1. The summed E-state index contributed by atoms with van der Waals surface area (Å²) in [6.07, 6.45) is 2.48. The van der Waals surface area contributed by atoms with Gasteiger partial charge in [-0.3, -0.25) is 14.5 Å². The number of fused-ring (bicyclic) bond motifs is 2. The molecule has 0 radical (unpaired) electrons. The van der Waals surface area contributed by atoms with Crippen molar-refractivity contribution in [2.75, 3.05) is 46.0 Å². The Morgan fingerprint density at radius 2 is 1.78 bits per heavy atom. The lowest BCUT2D eigenvalue weighted by atomic mass is 9.97. The molecule has 0 N–H and O–H groups in total. The predicted octanol–water partition coefficient (Wildman–Crippen LogP) is 4.24. The fraction of sp³-hybridized carbons (Fsp3) is 0.379.